The summed E-state index contributed by atoms with van der Waals surface area (Å²) in [7, 11) is 0. The number of benzene rings is 1. The van der Waals surface area contributed by atoms with E-state index in [2.05, 4.69) is 9.97 Å². The van der Waals surface area contributed by atoms with Crippen molar-refractivity contribution >= 4 is 28.6 Å². The third kappa shape index (κ3) is 2.40. The van der Waals surface area contributed by atoms with Gasteiger partial charge in [-0.3, -0.25) is 0 Å². The summed E-state index contributed by atoms with van der Waals surface area (Å²) in [6, 6.07) is 6.71. The molecule has 1 N–H and O–H groups in total. The maximum absolute atomic E-state index is 10.8. The Bertz CT molecular complexity index is 703. The van der Waals surface area contributed by atoms with Crippen molar-refractivity contribution in [2.24, 2.45) is 0 Å². The molecular formula is C13H8N2O2S2. The lowest BCUT2D eigenvalue weighted by Crippen LogP contribution is -1.94. The molecule has 0 spiro atoms. The molecule has 0 radical (unpaired) electrons. The Morgan fingerprint density at radius 3 is 2.53 bits per heavy atom. The van der Waals surface area contributed by atoms with Crippen LogP contribution in [0.15, 0.2) is 40.5 Å². The molecule has 0 fully saturated rings. The summed E-state index contributed by atoms with van der Waals surface area (Å²) in [4.78, 5) is 19.5. The molecule has 0 aliphatic heterocycles. The summed E-state index contributed by atoms with van der Waals surface area (Å²) in [5.74, 6) is -0.922. The van der Waals surface area contributed by atoms with Crippen molar-refractivity contribution in [2.45, 2.75) is 0 Å². The van der Waals surface area contributed by atoms with Crippen LogP contribution in [0.5, 0.6) is 0 Å². The van der Waals surface area contributed by atoms with Crippen LogP contribution in [0.1, 0.15) is 10.4 Å². The highest BCUT2D eigenvalue weighted by molar-refractivity contribution is 7.13. The fourth-order valence-electron chi connectivity index (χ4n) is 1.62. The van der Waals surface area contributed by atoms with E-state index in [-0.39, 0.29) is 5.56 Å². The number of aromatic carboxylic acids is 1. The molecule has 0 saturated heterocycles. The highest BCUT2D eigenvalue weighted by Gasteiger charge is 2.09. The van der Waals surface area contributed by atoms with Crippen LogP contribution in [0.2, 0.25) is 0 Å². The van der Waals surface area contributed by atoms with Gasteiger partial charge < -0.3 is 5.11 Å². The molecule has 0 aliphatic carbocycles. The maximum atomic E-state index is 10.8. The highest BCUT2D eigenvalue weighted by Crippen LogP contribution is 2.28. The van der Waals surface area contributed by atoms with Crippen molar-refractivity contribution in [3.63, 3.8) is 0 Å². The van der Waals surface area contributed by atoms with E-state index in [0.29, 0.717) is 0 Å². The zero-order valence-electron chi connectivity index (χ0n) is 9.61. The van der Waals surface area contributed by atoms with Gasteiger partial charge in [-0.1, -0.05) is 12.1 Å². The van der Waals surface area contributed by atoms with Crippen molar-refractivity contribution in [3.05, 3.63) is 46.1 Å². The van der Waals surface area contributed by atoms with Crippen LogP contribution in [-0.4, -0.2) is 21.0 Å². The first kappa shape index (κ1) is 12.0. The molecule has 0 aliphatic rings. The summed E-state index contributed by atoms with van der Waals surface area (Å²) < 4.78 is 0. The first-order chi connectivity index (χ1) is 9.24. The highest BCUT2D eigenvalue weighted by atomic mass is 32.1. The van der Waals surface area contributed by atoms with Crippen LogP contribution >= 0.6 is 22.7 Å². The molecule has 94 valence electrons. The SMILES string of the molecule is O=C(O)c1ccc(-c2nc(-c3cscn3)cs2)cc1. The van der Waals surface area contributed by atoms with Gasteiger partial charge in [0, 0.05) is 16.3 Å². The number of hydrogen-bond donors (Lipinski definition) is 1. The minimum atomic E-state index is -0.922. The first-order valence-electron chi connectivity index (χ1n) is 5.42. The third-order valence-corrected chi connectivity index (χ3v) is 4.06. The molecule has 4 nitrogen and oxygen atoms in total. The Morgan fingerprint density at radius 2 is 1.89 bits per heavy atom. The van der Waals surface area contributed by atoms with E-state index in [4.69, 9.17) is 5.11 Å². The predicted octanol–water partition coefficient (Wildman–Crippen LogP) is 3.63. The van der Waals surface area contributed by atoms with E-state index in [9.17, 15) is 4.79 Å². The van der Waals surface area contributed by atoms with Gasteiger partial charge in [-0.2, -0.15) is 0 Å². The number of aromatic nitrogens is 2. The largest absolute Gasteiger partial charge is 0.478 e. The van der Waals surface area contributed by atoms with Crippen LogP contribution in [0, 0.1) is 0 Å². The molecular weight excluding hydrogens is 280 g/mol. The van der Waals surface area contributed by atoms with Crippen LogP contribution in [0.4, 0.5) is 0 Å². The molecule has 0 unspecified atom stereocenters. The summed E-state index contributed by atoms with van der Waals surface area (Å²) >= 11 is 3.05. The van der Waals surface area contributed by atoms with Crippen molar-refractivity contribution < 1.29 is 9.90 Å². The van der Waals surface area contributed by atoms with Crippen molar-refractivity contribution in [3.8, 4) is 22.0 Å². The summed E-state index contributed by atoms with van der Waals surface area (Å²) in [5.41, 5.74) is 4.69. The number of carboxylic acids is 1. The van der Waals surface area contributed by atoms with E-state index in [1.54, 1.807) is 29.8 Å². The van der Waals surface area contributed by atoms with Gasteiger partial charge in [0.15, 0.2) is 0 Å². The average Bonchev–Trinajstić information content (AvgIpc) is 3.10. The Hall–Kier alpha value is -2.05. The average molecular weight is 288 g/mol. The molecule has 3 rings (SSSR count). The van der Waals surface area contributed by atoms with Crippen LogP contribution in [0.25, 0.3) is 22.0 Å². The Balaban J connectivity index is 1.92. The normalized spacial score (nSPS) is 10.5. The van der Waals surface area contributed by atoms with Gasteiger partial charge >= 0.3 is 5.97 Å². The van der Waals surface area contributed by atoms with E-state index < -0.39 is 5.97 Å². The van der Waals surface area contributed by atoms with Crippen LogP contribution in [-0.2, 0) is 0 Å². The zero-order chi connectivity index (χ0) is 13.2. The van der Waals surface area contributed by atoms with Gasteiger partial charge in [-0.15, -0.1) is 22.7 Å². The van der Waals surface area contributed by atoms with E-state index in [1.165, 1.54) is 22.7 Å². The van der Waals surface area contributed by atoms with Gasteiger partial charge in [0.1, 0.15) is 16.4 Å². The fourth-order valence-corrected chi connectivity index (χ4v) is 2.98. The lowest BCUT2D eigenvalue weighted by atomic mass is 10.1. The van der Waals surface area contributed by atoms with E-state index in [1.807, 2.05) is 10.8 Å². The van der Waals surface area contributed by atoms with E-state index >= 15 is 0 Å². The molecule has 0 atom stereocenters. The van der Waals surface area contributed by atoms with Gasteiger partial charge in [0.05, 0.1) is 11.1 Å². The lowest BCUT2D eigenvalue weighted by Gasteiger charge is -1.97. The minimum Gasteiger partial charge on any atom is -0.478 e. The molecule has 0 saturated carbocycles. The number of carbonyl (C=O) groups is 1. The molecule has 0 bridgehead atoms. The van der Waals surface area contributed by atoms with E-state index in [0.717, 1.165) is 22.0 Å². The standard InChI is InChI=1S/C13H8N2O2S2/c16-13(17)9-3-1-8(2-4-9)12-15-11(6-19-12)10-5-18-7-14-10/h1-7H,(H,16,17). The molecule has 6 heteroatoms. The number of hydrogen-bond acceptors (Lipinski definition) is 5. The van der Waals surface area contributed by atoms with Crippen molar-refractivity contribution in [2.75, 3.05) is 0 Å². The molecule has 2 aromatic heterocycles. The monoisotopic (exact) mass is 288 g/mol. The van der Waals surface area contributed by atoms with Gasteiger partial charge in [-0.05, 0) is 12.1 Å². The van der Waals surface area contributed by atoms with Gasteiger partial charge in [0.2, 0.25) is 0 Å². The predicted molar refractivity (Wildman–Crippen MR) is 75.6 cm³/mol. The second-order valence-corrected chi connectivity index (χ2v) is 5.37. The molecule has 19 heavy (non-hydrogen) atoms. The Labute approximate surface area is 117 Å². The molecule has 1 aromatic carbocycles. The summed E-state index contributed by atoms with van der Waals surface area (Å²) in [5, 5.41) is 13.6. The quantitative estimate of drug-likeness (QED) is 0.799. The first-order valence-corrected chi connectivity index (χ1v) is 7.24. The maximum Gasteiger partial charge on any atom is 0.335 e. The third-order valence-electron chi connectivity index (χ3n) is 2.58. The Morgan fingerprint density at radius 1 is 1.11 bits per heavy atom. The van der Waals surface area contributed by atoms with Crippen molar-refractivity contribution in [1.29, 1.82) is 0 Å². The minimum absolute atomic E-state index is 0.278. The molecule has 0 amide bonds. The summed E-state index contributed by atoms with van der Waals surface area (Å²) in [6.07, 6.45) is 0. The van der Waals surface area contributed by atoms with Crippen LogP contribution in [0.3, 0.4) is 0 Å². The van der Waals surface area contributed by atoms with Crippen LogP contribution < -0.4 is 0 Å². The Kier molecular flexibility index (Phi) is 3.10. The summed E-state index contributed by atoms with van der Waals surface area (Å²) in [6.45, 7) is 0. The number of carboxylic acid groups (broad SMARTS) is 1. The molecule has 2 heterocycles. The zero-order valence-corrected chi connectivity index (χ0v) is 11.2. The number of rotatable bonds is 3. The number of nitrogens with zero attached hydrogens (tertiary/aromatic N) is 2. The topological polar surface area (TPSA) is 63.1 Å². The molecule has 3 aromatic rings. The smallest absolute Gasteiger partial charge is 0.335 e. The van der Waals surface area contributed by atoms with Crippen molar-refractivity contribution in [1.82, 2.24) is 9.97 Å². The lowest BCUT2D eigenvalue weighted by molar-refractivity contribution is 0.0697. The number of thiazole rings is 2. The van der Waals surface area contributed by atoms with Gasteiger partial charge in [0.25, 0.3) is 0 Å². The second kappa shape index (κ2) is 4.91. The fraction of sp³-hybridized carbons (Fsp3) is 0. The second-order valence-electron chi connectivity index (χ2n) is 3.79. The van der Waals surface area contributed by atoms with Gasteiger partial charge in [-0.25, -0.2) is 14.8 Å².